The van der Waals surface area contributed by atoms with Crippen LogP contribution in [-0.2, 0) is 11.2 Å². The van der Waals surface area contributed by atoms with Crippen LogP contribution in [0.15, 0.2) is 33.3 Å². The van der Waals surface area contributed by atoms with Gasteiger partial charge in [-0.1, -0.05) is 11.2 Å². The molecule has 0 spiro atoms. The zero-order chi connectivity index (χ0) is 19.4. The van der Waals surface area contributed by atoms with Crippen molar-refractivity contribution in [2.24, 2.45) is 0 Å². The van der Waals surface area contributed by atoms with Crippen LogP contribution >= 0.6 is 0 Å². The van der Waals surface area contributed by atoms with Gasteiger partial charge in [-0.15, -0.1) is 0 Å². The fourth-order valence-corrected chi connectivity index (χ4v) is 2.53. The molecule has 0 radical (unpaired) electrons. The Morgan fingerprint density at radius 1 is 1.33 bits per heavy atom. The third kappa shape index (κ3) is 3.90. The van der Waals surface area contributed by atoms with Gasteiger partial charge in [-0.2, -0.15) is 10.2 Å². The van der Waals surface area contributed by atoms with Crippen LogP contribution in [-0.4, -0.2) is 26.8 Å². The number of carbonyl (C=O) groups excluding carboxylic acids is 2. The highest BCUT2D eigenvalue weighted by Crippen LogP contribution is 2.27. The highest BCUT2D eigenvalue weighted by Gasteiger charge is 2.22. The predicted octanol–water partition coefficient (Wildman–Crippen LogP) is 2.68. The van der Waals surface area contributed by atoms with E-state index in [1.54, 1.807) is 31.3 Å². The minimum absolute atomic E-state index is 0.0172. The van der Waals surface area contributed by atoms with Gasteiger partial charge in [0.25, 0.3) is 0 Å². The summed E-state index contributed by atoms with van der Waals surface area (Å²) in [5.74, 6) is 0.155. The summed E-state index contributed by atoms with van der Waals surface area (Å²) in [7, 11) is 0. The Morgan fingerprint density at radius 2 is 2.15 bits per heavy atom. The number of nitrogens with zero attached hydrogens (tertiary/aromatic N) is 4. The number of Topliss-reactive ketones (excluding diaryl/α,β-unsaturated/α-hetero) is 1. The second-order valence-electron chi connectivity index (χ2n) is 5.68. The van der Waals surface area contributed by atoms with Crippen molar-refractivity contribution in [3.8, 4) is 17.6 Å². The van der Waals surface area contributed by atoms with E-state index in [1.807, 2.05) is 6.07 Å². The Hall–Kier alpha value is -3.80. The van der Waals surface area contributed by atoms with E-state index in [-0.39, 0.29) is 47.3 Å². The third-order valence-corrected chi connectivity index (χ3v) is 3.73. The molecule has 3 aromatic rings. The minimum Gasteiger partial charge on any atom is -0.443 e. The number of amides is 1. The summed E-state index contributed by atoms with van der Waals surface area (Å²) in [6, 6.07) is 7.22. The third-order valence-electron chi connectivity index (χ3n) is 3.73. The summed E-state index contributed by atoms with van der Waals surface area (Å²) in [5.41, 5.74) is 0.756. The molecule has 0 atom stereocenters. The van der Waals surface area contributed by atoms with Crippen molar-refractivity contribution in [1.29, 1.82) is 5.26 Å². The smallest absolute Gasteiger partial charge is 0.227 e. The van der Waals surface area contributed by atoms with Gasteiger partial charge in [-0.3, -0.25) is 19.9 Å². The SMILES string of the molecule is CC(=O)c1c(C)oc(NC(=O)CCc2nc(-c3ccccn3)no2)c1C#N. The van der Waals surface area contributed by atoms with Crippen molar-refractivity contribution in [3.63, 3.8) is 0 Å². The van der Waals surface area contributed by atoms with Gasteiger partial charge < -0.3 is 8.94 Å². The number of aryl methyl sites for hydroxylation is 2. The largest absolute Gasteiger partial charge is 0.443 e. The maximum atomic E-state index is 12.2. The molecule has 136 valence electrons. The van der Waals surface area contributed by atoms with Crippen LogP contribution in [0.25, 0.3) is 11.5 Å². The topological polar surface area (TPSA) is 135 Å². The van der Waals surface area contributed by atoms with Crippen LogP contribution in [0.5, 0.6) is 0 Å². The van der Waals surface area contributed by atoms with E-state index >= 15 is 0 Å². The van der Waals surface area contributed by atoms with E-state index in [4.69, 9.17) is 8.94 Å². The molecule has 0 aliphatic carbocycles. The molecule has 0 aliphatic heterocycles. The number of anilines is 1. The molecule has 3 heterocycles. The molecule has 0 unspecified atom stereocenters. The van der Waals surface area contributed by atoms with Crippen molar-refractivity contribution in [1.82, 2.24) is 15.1 Å². The Balaban J connectivity index is 1.64. The molecule has 0 saturated heterocycles. The molecule has 27 heavy (non-hydrogen) atoms. The Morgan fingerprint density at radius 3 is 2.81 bits per heavy atom. The number of carbonyl (C=O) groups is 2. The predicted molar refractivity (Wildman–Crippen MR) is 92.6 cm³/mol. The van der Waals surface area contributed by atoms with Crippen LogP contribution in [0.1, 0.15) is 40.9 Å². The summed E-state index contributed by atoms with van der Waals surface area (Å²) in [5, 5.41) is 15.6. The highest BCUT2D eigenvalue weighted by molar-refractivity contribution is 6.00. The Labute approximate surface area is 154 Å². The van der Waals surface area contributed by atoms with Gasteiger partial charge in [-0.25, -0.2) is 0 Å². The first-order valence-electron chi connectivity index (χ1n) is 8.08. The van der Waals surface area contributed by atoms with Gasteiger partial charge in [0.15, 0.2) is 5.78 Å². The molecule has 0 bridgehead atoms. The van der Waals surface area contributed by atoms with E-state index in [2.05, 4.69) is 20.4 Å². The first-order valence-corrected chi connectivity index (χ1v) is 8.08. The Kier molecular flexibility index (Phi) is 5.08. The highest BCUT2D eigenvalue weighted by atomic mass is 16.5. The van der Waals surface area contributed by atoms with E-state index in [0.717, 1.165) is 0 Å². The van der Waals surface area contributed by atoms with Crippen molar-refractivity contribution >= 4 is 17.6 Å². The van der Waals surface area contributed by atoms with Gasteiger partial charge in [-0.05, 0) is 26.0 Å². The molecule has 0 saturated carbocycles. The van der Waals surface area contributed by atoms with E-state index < -0.39 is 5.91 Å². The monoisotopic (exact) mass is 365 g/mol. The minimum atomic E-state index is -0.409. The zero-order valence-electron chi connectivity index (χ0n) is 14.6. The molecule has 1 N–H and O–H groups in total. The number of nitrogens with one attached hydrogen (secondary N) is 1. The maximum absolute atomic E-state index is 12.2. The molecule has 9 nitrogen and oxygen atoms in total. The van der Waals surface area contributed by atoms with Crippen LogP contribution in [0.2, 0.25) is 0 Å². The average molecular weight is 365 g/mol. The number of aromatic nitrogens is 3. The summed E-state index contributed by atoms with van der Waals surface area (Å²) in [4.78, 5) is 32.1. The molecule has 0 aromatic carbocycles. The lowest BCUT2D eigenvalue weighted by Crippen LogP contribution is -2.13. The number of nitriles is 1. The summed E-state index contributed by atoms with van der Waals surface area (Å²) in [6.07, 6.45) is 1.85. The standard InChI is InChI=1S/C18H15N5O4/c1-10(24)16-11(2)26-18(12(16)9-19)21-14(25)6-7-15-22-17(23-27-15)13-5-3-4-8-20-13/h3-5,8H,6-7H2,1-2H3,(H,21,25). The molecule has 0 fully saturated rings. The average Bonchev–Trinajstić information content (AvgIpc) is 3.24. The molecule has 1 amide bonds. The lowest BCUT2D eigenvalue weighted by atomic mass is 10.1. The quantitative estimate of drug-likeness (QED) is 0.659. The summed E-state index contributed by atoms with van der Waals surface area (Å²) < 4.78 is 10.5. The fourth-order valence-electron chi connectivity index (χ4n) is 2.53. The molecule has 9 heteroatoms. The molecule has 3 aromatic heterocycles. The normalized spacial score (nSPS) is 10.4. The molecular weight excluding hydrogens is 350 g/mol. The van der Waals surface area contributed by atoms with E-state index in [1.165, 1.54) is 6.92 Å². The fraction of sp³-hybridized carbons (Fsp3) is 0.222. The number of hydrogen-bond donors (Lipinski definition) is 1. The zero-order valence-corrected chi connectivity index (χ0v) is 14.6. The van der Waals surface area contributed by atoms with Crippen LogP contribution in [0.3, 0.4) is 0 Å². The summed E-state index contributed by atoms with van der Waals surface area (Å²) >= 11 is 0. The van der Waals surface area contributed by atoms with Crippen molar-refractivity contribution in [3.05, 3.63) is 47.2 Å². The first kappa shape index (κ1) is 18.0. The van der Waals surface area contributed by atoms with Crippen molar-refractivity contribution < 1.29 is 18.5 Å². The second-order valence-corrected chi connectivity index (χ2v) is 5.68. The number of furan rings is 1. The molecular formula is C18H15N5O4. The van der Waals surface area contributed by atoms with Gasteiger partial charge in [0.1, 0.15) is 23.1 Å². The Bertz CT molecular complexity index is 1030. The van der Waals surface area contributed by atoms with Gasteiger partial charge in [0, 0.05) is 19.0 Å². The van der Waals surface area contributed by atoms with Crippen LogP contribution < -0.4 is 5.32 Å². The molecule has 3 rings (SSSR count). The van der Waals surface area contributed by atoms with Gasteiger partial charge >= 0.3 is 0 Å². The van der Waals surface area contributed by atoms with E-state index in [0.29, 0.717) is 11.5 Å². The summed E-state index contributed by atoms with van der Waals surface area (Å²) in [6.45, 7) is 2.89. The first-order chi connectivity index (χ1) is 13.0. The molecule has 0 aliphatic rings. The number of ketones is 1. The maximum Gasteiger partial charge on any atom is 0.227 e. The van der Waals surface area contributed by atoms with Crippen LogP contribution in [0.4, 0.5) is 5.88 Å². The number of rotatable bonds is 6. The second kappa shape index (κ2) is 7.61. The van der Waals surface area contributed by atoms with Gasteiger partial charge in [0.05, 0.1) is 5.56 Å². The van der Waals surface area contributed by atoms with Gasteiger partial charge in [0.2, 0.25) is 23.5 Å². The lowest BCUT2D eigenvalue weighted by Gasteiger charge is -2.00. The van der Waals surface area contributed by atoms with Crippen molar-refractivity contribution in [2.75, 3.05) is 5.32 Å². The number of pyridine rings is 1. The van der Waals surface area contributed by atoms with E-state index in [9.17, 15) is 14.9 Å². The number of hydrogen-bond acceptors (Lipinski definition) is 8. The lowest BCUT2D eigenvalue weighted by molar-refractivity contribution is -0.116. The van der Waals surface area contributed by atoms with Crippen molar-refractivity contribution in [2.45, 2.75) is 26.7 Å². The van der Waals surface area contributed by atoms with Crippen LogP contribution in [0, 0.1) is 18.3 Å².